The molecule has 1 aromatic carbocycles. The maximum atomic E-state index is 5.93. The van der Waals surface area contributed by atoms with Gasteiger partial charge in [-0.1, -0.05) is 41.9 Å². The number of nitrogens with two attached hydrogens (primary N) is 1. The zero-order chi connectivity index (χ0) is 13.3. The van der Waals surface area contributed by atoms with Gasteiger partial charge in [-0.2, -0.15) is 0 Å². The van der Waals surface area contributed by atoms with E-state index in [0.29, 0.717) is 10.6 Å². The molecule has 4 heteroatoms. The van der Waals surface area contributed by atoms with E-state index in [-0.39, 0.29) is 5.95 Å². The summed E-state index contributed by atoms with van der Waals surface area (Å²) in [5.74, 6) is 0.262. The van der Waals surface area contributed by atoms with Crippen LogP contribution in [0.25, 0.3) is 0 Å². The fourth-order valence-corrected chi connectivity index (χ4v) is 2.79. The van der Waals surface area contributed by atoms with Gasteiger partial charge in [0, 0.05) is 5.69 Å². The maximum Gasteiger partial charge on any atom is 0.221 e. The quantitative estimate of drug-likeness (QED) is 0.870. The van der Waals surface area contributed by atoms with Gasteiger partial charge in [0.1, 0.15) is 5.15 Å². The first-order valence-electron chi connectivity index (χ1n) is 6.48. The van der Waals surface area contributed by atoms with Gasteiger partial charge in [-0.3, -0.25) is 0 Å². The van der Waals surface area contributed by atoms with Gasteiger partial charge in [-0.05, 0) is 42.7 Å². The minimum absolute atomic E-state index is 0.262. The highest BCUT2D eigenvalue weighted by atomic mass is 35.5. The van der Waals surface area contributed by atoms with Crippen molar-refractivity contribution >= 4 is 17.5 Å². The molecule has 19 heavy (non-hydrogen) atoms. The Morgan fingerprint density at radius 1 is 1.11 bits per heavy atom. The van der Waals surface area contributed by atoms with Crippen LogP contribution in [-0.2, 0) is 12.8 Å². The third-order valence-electron chi connectivity index (χ3n) is 3.70. The van der Waals surface area contributed by atoms with Crippen LogP contribution >= 0.6 is 11.6 Å². The summed E-state index contributed by atoms with van der Waals surface area (Å²) in [4.78, 5) is 8.18. The van der Waals surface area contributed by atoms with Gasteiger partial charge in [-0.25, -0.2) is 9.97 Å². The molecule has 3 rings (SSSR count). The normalized spacial score (nSPS) is 16.3. The fourth-order valence-electron chi connectivity index (χ4n) is 2.58. The van der Waals surface area contributed by atoms with Crippen molar-refractivity contribution in [1.29, 1.82) is 0 Å². The largest absolute Gasteiger partial charge is 0.368 e. The lowest BCUT2D eigenvalue weighted by Gasteiger charge is -2.15. The van der Waals surface area contributed by atoms with Crippen LogP contribution in [0.1, 0.15) is 24.1 Å². The summed E-state index contributed by atoms with van der Waals surface area (Å²) in [7, 11) is 0. The lowest BCUT2D eigenvalue weighted by molar-refractivity contribution is 0.497. The van der Waals surface area contributed by atoms with Crippen molar-refractivity contribution in [2.75, 3.05) is 5.73 Å². The third kappa shape index (κ3) is 3.04. The lowest BCUT2D eigenvalue weighted by Crippen LogP contribution is -2.11. The van der Waals surface area contributed by atoms with Gasteiger partial charge in [0.25, 0.3) is 0 Å². The zero-order valence-electron chi connectivity index (χ0n) is 10.6. The molecule has 1 saturated carbocycles. The Labute approximate surface area is 117 Å². The summed E-state index contributed by atoms with van der Waals surface area (Å²) < 4.78 is 0. The number of anilines is 1. The summed E-state index contributed by atoms with van der Waals surface area (Å²) in [6.07, 6.45) is 4.50. The predicted molar refractivity (Wildman–Crippen MR) is 77.0 cm³/mol. The maximum absolute atomic E-state index is 5.93. The van der Waals surface area contributed by atoms with E-state index in [0.717, 1.165) is 18.5 Å². The SMILES string of the molecule is Nc1nc(Cl)cc(CC2(Cc3ccccc3)CC2)n1. The second-order valence-electron chi connectivity index (χ2n) is 5.38. The Balaban J connectivity index is 1.75. The van der Waals surface area contributed by atoms with E-state index in [9.17, 15) is 0 Å². The number of halogens is 1. The van der Waals surface area contributed by atoms with Crippen LogP contribution in [0, 0.1) is 5.41 Å². The number of hydrogen-bond acceptors (Lipinski definition) is 3. The highest BCUT2D eigenvalue weighted by Crippen LogP contribution is 2.50. The average Bonchev–Trinajstić information content (AvgIpc) is 3.08. The Morgan fingerprint density at radius 2 is 1.84 bits per heavy atom. The van der Waals surface area contributed by atoms with E-state index in [1.807, 2.05) is 12.1 Å². The molecule has 2 N–H and O–H groups in total. The van der Waals surface area contributed by atoms with E-state index >= 15 is 0 Å². The van der Waals surface area contributed by atoms with Crippen LogP contribution in [0.2, 0.25) is 5.15 Å². The molecule has 1 aliphatic rings. The highest BCUT2D eigenvalue weighted by molar-refractivity contribution is 6.29. The molecule has 2 aromatic rings. The van der Waals surface area contributed by atoms with Crippen molar-refractivity contribution in [3.8, 4) is 0 Å². The van der Waals surface area contributed by atoms with E-state index in [1.165, 1.54) is 18.4 Å². The first kappa shape index (κ1) is 12.4. The van der Waals surface area contributed by atoms with Crippen LogP contribution in [0.4, 0.5) is 5.95 Å². The van der Waals surface area contributed by atoms with Crippen molar-refractivity contribution in [3.05, 3.63) is 52.8 Å². The van der Waals surface area contributed by atoms with Crippen molar-refractivity contribution in [2.24, 2.45) is 5.41 Å². The van der Waals surface area contributed by atoms with Crippen molar-refractivity contribution in [2.45, 2.75) is 25.7 Å². The van der Waals surface area contributed by atoms with Gasteiger partial charge in [0.2, 0.25) is 5.95 Å². The van der Waals surface area contributed by atoms with Crippen LogP contribution in [0.15, 0.2) is 36.4 Å². The number of nitrogens with zero attached hydrogens (tertiary/aromatic N) is 2. The van der Waals surface area contributed by atoms with Crippen LogP contribution < -0.4 is 5.73 Å². The Bertz CT molecular complexity index is 559. The van der Waals surface area contributed by atoms with Crippen molar-refractivity contribution in [1.82, 2.24) is 9.97 Å². The van der Waals surface area contributed by atoms with Crippen LogP contribution in [0.5, 0.6) is 0 Å². The number of nitrogen functional groups attached to an aromatic ring is 1. The van der Waals surface area contributed by atoms with Crippen molar-refractivity contribution in [3.63, 3.8) is 0 Å². The first-order chi connectivity index (χ1) is 9.15. The number of benzene rings is 1. The summed E-state index contributed by atoms with van der Waals surface area (Å²) in [5.41, 5.74) is 8.32. The Hall–Kier alpha value is -1.61. The summed E-state index contributed by atoms with van der Waals surface area (Å²) in [6, 6.07) is 12.4. The van der Waals surface area contributed by atoms with Gasteiger partial charge in [-0.15, -0.1) is 0 Å². The van der Waals surface area contributed by atoms with E-state index < -0.39 is 0 Å². The van der Waals surface area contributed by atoms with Crippen LogP contribution in [0.3, 0.4) is 0 Å². The number of hydrogen-bond donors (Lipinski definition) is 1. The predicted octanol–water partition coefficient (Wildman–Crippen LogP) is 3.28. The Kier molecular flexibility index (Phi) is 3.15. The fraction of sp³-hybridized carbons (Fsp3) is 0.333. The second-order valence-corrected chi connectivity index (χ2v) is 5.77. The second kappa shape index (κ2) is 4.82. The molecule has 0 aliphatic heterocycles. The molecule has 0 amide bonds. The van der Waals surface area contributed by atoms with Gasteiger partial charge >= 0.3 is 0 Å². The summed E-state index contributed by atoms with van der Waals surface area (Å²) in [5, 5.41) is 0.429. The molecule has 98 valence electrons. The third-order valence-corrected chi connectivity index (χ3v) is 3.89. The molecule has 0 unspecified atom stereocenters. The monoisotopic (exact) mass is 273 g/mol. The topological polar surface area (TPSA) is 51.8 Å². The van der Waals surface area contributed by atoms with Gasteiger partial charge in [0.15, 0.2) is 0 Å². The molecular weight excluding hydrogens is 258 g/mol. The summed E-state index contributed by atoms with van der Waals surface area (Å²) in [6.45, 7) is 0. The molecule has 0 bridgehead atoms. The minimum Gasteiger partial charge on any atom is -0.368 e. The van der Waals surface area contributed by atoms with Crippen LogP contribution in [-0.4, -0.2) is 9.97 Å². The summed E-state index contributed by atoms with van der Waals surface area (Å²) >= 11 is 5.93. The smallest absolute Gasteiger partial charge is 0.221 e. The molecule has 1 heterocycles. The highest BCUT2D eigenvalue weighted by Gasteiger charge is 2.42. The van der Waals surface area contributed by atoms with Gasteiger partial charge < -0.3 is 5.73 Å². The molecule has 1 aliphatic carbocycles. The lowest BCUT2D eigenvalue weighted by atomic mass is 9.92. The number of rotatable bonds is 4. The molecule has 3 nitrogen and oxygen atoms in total. The Morgan fingerprint density at radius 3 is 2.47 bits per heavy atom. The average molecular weight is 274 g/mol. The van der Waals surface area contributed by atoms with E-state index in [1.54, 1.807) is 0 Å². The zero-order valence-corrected chi connectivity index (χ0v) is 11.4. The first-order valence-corrected chi connectivity index (χ1v) is 6.86. The van der Waals surface area contributed by atoms with Gasteiger partial charge in [0.05, 0.1) is 0 Å². The molecule has 0 spiro atoms. The molecule has 0 radical (unpaired) electrons. The molecule has 1 fully saturated rings. The molecular formula is C15H16ClN3. The number of aromatic nitrogens is 2. The van der Waals surface area contributed by atoms with E-state index in [2.05, 4.69) is 34.2 Å². The molecule has 0 atom stereocenters. The molecule has 1 aromatic heterocycles. The minimum atomic E-state index is 0.262. The van der Waals surface area contributed by atoms with Crippen molar-refractivity contribution < 1.29 is 0 Å². The standard InChI is InChI=1S/C15H16ClN3/c16-13-8-12(18-14(17)19-13)10-15(6-7-15)9-11-4-2-1-3-5-11/h1-5,8H,6-7,9-10H2,(H2,17,18,19). The molecule has 0 saturated heterocycles. The van der Waals surface area contributed by atoms with E-state index in [4.69, 9.17) is 17.3 Å².